The van der Waals surface area contributed by atoms with E-state index in [2.05, 4.69) is 296 Å². The number of benzene rings is 8. The van der Waals surface area contributed by atoms with Crippen molar-refractivity contribution in [3.8, 4) is 0 Å². The number of rotatable bonds is 8. The highest BCUT2D eigenvalue weighted by molar-refractivity contribution is 7.00. The summed E-state index contributed by atoms with van der Waals surface area (Å²) in [4.78, 5) is 9.86. The maximum Gasteiger partial charge on any atom is 0.254 e. The van der Waals surface area contributed by atoms with Crippen LogP contribution in [0, 0.1) is 0 Å². The summed E-state index contributed by atoms with van der Waals surface area (Å²) in [6.07, 6.45) is 2.22. The van der Waals surface area contributed by atoms with E-state index in [0.29, 0.717) is 0 Å². The summed E-state index contributed by atoms with van der Waals surface area (Å²) in [6, 6.07) is 82.8. The van der Waals surface area contributed by atoms with Gasteiger partial charge < -0.3 is 19.1 Å². The van der Waals surface area contributed by atoms with Crippen molar-refractivity contribution in [2.75, 3.05) is 19.6 Å². The molecule has 6 heteroatoms. The molecule has 0 aliphatic carbocycles. The second kappa shape index (κ2) is 16.8. The molecule has 2 aliphatic rings. The fraction of sp³-hybridized carbons (Fsp3) is 0.125. The van der Waals surface area contributed by atoms with Gasteiger partial charge in [0.15, 0.2) is 0 Å². The first-order valence-electron chi connectivity index (χ1n) is 24.5. The van der Waals surface area contributed by atoms with Gasteiger partial charge in [-0.15, -0.1) is 0 Å². The SMILES string of the molecule is CC(C)(C)c1ccc(N(c2ccc(C(C)(C)C)cc2)c2ccc3c(c2)N(c2ccccc2)c2cc(N(c4ccccc4)c4ccccc4)cc4c2B3c2cc3ccccn3c2N4c2ccccc2)cc1. The second-order valence-electron chi connectivity index (χ2n) is 20.8. The van der Waals surface area contributed by atoms with Crippen molar-refractivity contribution < 1.29 is 0 Å². The minimum Gasteiger partial charge on any atom is -0.311 e. The number of para-hydroxylation sites is 4. The average Bonchev–Trinajstić information content (AvgIpc) is 3.76. The molecule has 5 nitrogen and oxygen atoms in total. The lowest BCUT2D eigenvalue weighted by atomic mass is 9.34. The summed E-state index contributed by atoms with van der Waals surface area (Å²) in [5.74, 6) is 1.15. The third-order valence-electron chi connectivity index (χ3n) is 14.2. The van der Waals surface area contributed by atoms with Crippen LogP contribution in [-0.2, 0) is 10.8 Å². The van der Waals surface area contributed by atoms with Crippen molar-refractivity contribution in [1.29, 1.82) is 0 Å². The molecule has 0 bridgehead atoms. The maximum absolute atomic E-state index is 2.53. The van der Waals surface area contributed by atoms with Gasteiger partial charge in [-0.25, -0.2) is 0 Å². The number of aromatic nitrogens is 1. The van der Waals surface area contributed by atoms with Gasteiger partial charge >= 0.3 is 0 Å². The molecule has 0 spiro atoms. The predicted molar refractivity (Wildman–Crippen MR) is 298 cm³/mol. The van der Waals surface area contributed by atoms with E-state index in [1.165, 1.54) is 27.5 Å². The maximum atomic E-state index is 2.53. The largest absolute Gasteiger partial charge is 0.311 e. The third kappa shape index (κ3) is 7.34. The van der Waals surface area contributed by atoms with Gasteiger partial charge in [0.25, 0.3) is 6.71 Å². The summed E-state index contributed by atoms with van der Waals surface area (Å²) in [5.41, 5.74) is 19.8. The smallest absolute Gasteiger partial charge is 0.254 e. The molecule has 70 heavy (non-hydrogen) atoms. The predicted octanol–water partition coefficient (Wildman–Crippen LogP) is 15.6. The highest BCUT2D eigenvalue weighted by Gasteiger charge is 2.45. The van der Waals surface area contributed by atoms with Crippen LogP contribution < -0.4 is 36.0 Å². The molecule has 340 valence electrons. The van der Waals surface area contributed by atoms with Crippen molar-refractivity contribution in [2.45, 2.75) is 52.4 Å². The fourth-order valence-corrected chi connectivity index (χ4v) is 10.8. The van der Waals surface area contributed by atoms with E-state index in [9.17, 15) is 0 Å². The molecule has 0 unspecified atom stereocenters. The number of fused-ring (bicyclic) bond motifs is 6. The average molecular weight is 906 g/mol. The van der Waals surface area contributed by atoms with Crippen LogP contribution in [0.1, 0.15) is 52.7 Å². The van der Waals surface area contributed by atoms with E-state index in [1.54, 1.807) is 0 Å². The zero-order valence-electron chi connectivity index (χ0n) is 40.8. The first-order valence-corrected chi connectivity index (χ1v) is 24.5. The molecule has 2 aliphatic heterocycles. The van der Waals surface area contributed by atoms with E-state index in [1.807, 2.05) is 0 Å². The molecule has 0 atom stereocenters. The fourth-order valence-electron chi connectivity index (χ4n) is 10.8. The molecule has 4 heterocycles. The van der Waals surface area contributed by atoms with Gasteiger partial charge in [0.1, 0.15) is 5.82 Å². The molecular weight excluding hydrogens is 850 g/mol. The van der Waals surface area contributed by atoms with Crippen LogP contribution in [0.15, 0.2) is 231 Å². The molecule has 0 N–H and O–H groups in total. The van der Waals surface area contributed by atoms with E-state index >= 15 is 0 Å². The number of nitrogens with zero attached hydrogens (tertiary/aromatic N) is 5. The van der Waals surface area contributed by atoms with E-state index in [0.717, 1.165) is 73.9 Å². The Hall–Kier alpha value is -8.22. The van der Waals surface area contributed by atoms with E-state index < -0.39 is 0 Å². The van der Waals surface area contributed by atoms with E-state index in [4.69, 9.17) is 0 Å². The van der Waals surface area contributed by atoms with Crippen LogP contribution in [0.25, 0.3) is 5.52 Å². The minimum absolute atomic E-state index is 0.0280. The number of hydrogen-bond acceptors (Lipinski definition) is 4. The van der Waals surface area contributed by atoms with Gasteiger partial charge in [-0.2, -0.15) is 0 Å². The summed E-state index contributed by atoms with van der Waals surface area (Å²) in [6.45, 7) is 13.6. The second-order valence-corrected chi connectivity index (χ2v) is 20.8. The van der Waals surface area contributed by atoms with Crippen LogP contribution in [0.5, 0.6) is 0 Å². The summed E-state index contributed by atoms with van der Waals surface area (Å²) >= 11 is 0. The Balaban J connectivity index is 1.16. The Morgan fingerprint density at radius 3 is 1.31 bits per heavy atom. The van der Waals surface area contributed by atoms with E-state index in [-0.39, 0.29) is 17.5 Å². The Morgan fingerprint density at radius 1 is 0.357 bits per heavy atom. The zero-order valence-corrected chi connectivity index (χ0v) is 40.8. The lowest BCUT2D eigenvalue weighted by molar-refractivity contribution is 0.590. The van der Waals surface area contributed by atoms with Crippen LogP contribution >= 0.6 is 0 Å². The molecule has 12 rings (SSSR count). The topological polar surface area (TPSA) is 17.4 Å². The first-order chi connectivity index (χ1) is 34.0. The molecule has 2 aromatic heterocycles. The van der Waals surface area contributed by atoms with Crippen LogP contribution in [0.2, 0.25) is 0 Å². The Labute approximate surface area is 413 Å². The first kappa shape index (κ1) is 43.1. The van der Waals surface area contributed by atoms with Crippen LogP contribution in [0.3, 0.4) is 0 Å². The minimum atomic E-state index is -0.0783. The summed E-state index contributed by atoms with van der Waals surface area (Å²) < 4.78 is 2.38. The Morgan fingerprint density at radius 2 is 0.786 bits per heavy atom. The van der Waals surface area contributed by atoms with Crippen molar-refractivity contribution in [1.82, 2.24) is 4.40 Å². The normalized spacial score (nSPS) is 12.9. The molecule has 0 radical (unpaired) electrons. The van der Waals surface area contributed by atoms with Gasteiger partial charge in [0.2, 0.25) is 0 Å². The quantitative estimate of drug-likeness (QED) is 0.141. The molecule has 8 aromatic carbocycles. The van der Waals surface area contributed by atoms with Crippen molar-refractivity contribution in [3.05, 3.63) is 242 Å². The van der Waals surface area contributed by atoms with Crippen molar-refractivity contribution in [2.24, 2.45) is 0 Å². The lowest BCUT2D eigenvalue weighted by Crippen LogP contribution is -2.61. The molecular formula is C64H56BN5. The summed E-state index contributed by atoms with van der Waals surface area (Å²) in [7, 11) is 0. The summed E-state index contributed by atoms with van der Waals surface area (Å²) in [5, 5.41) is 0. The van der Waals surface area contributed by atoms with Gasteiger partial charge in [0.05, 0.1) is 5.69 Å². The van der Waals surface area contributed by atoms with Crippen LogP contribution in [0.4, 0.5) is 68.4 Å². The zero-order chi connectivity index (χ0) is 47.7. The Bertz CT molecular complexity index is 3410. The van der Waals surface area contributed by atoms with Gasteiger partial charge in [-0.05, 0) is 154 Å². The lowest BCUT2D eigenvalue weighted by Gasteiger charge is -2.44. The number of anilines is 12. The molecule has 0 amide bonds. The molecule has 0 saturated carbocycles. The number of hydrogen-bond donors (Lipinski definition) is 0. The van der Waals surface area contributed by atoms with Gasteiger partial charge in [-0.1, -0.05) is 151 Å². The standard InChI is InChI=1S/C64H56BN5/c1-63(2,3)45-30-34-51(35-31-45)67(52-36-32-46(33-37-52)64(4,5)6)54-38-39-56-58(42-54)69(49-25-15-9-16-26-49)59-43-55(68(47-21-11-7-12-22-47)48-23-13-8-14-24-48)44-60-61(59)65(56)57-41-53-29-19-20-40-66(53)62(57)70(60)50-27-17-10-18-28-50/h7-44H,1-6H3. The van der Waals surface area contributed by atoms with Crippen LogP contribution in [-0.4, -0.2) is 11.1 Å². The number of pyridine rings is 1. The Kier molecular flexibility index (Phi) is 10.3. The van der Waals surface area contributed by atoms with Gasteiger partial charge in [-0.3, -0.25) is 4.90 Å². The third-order valence-corrected chi connectivity index (χ3v) is 14.2. The molecule has 0 saturated heterocycles. The van der Waals surface area contributed by atoms with Gasteiger partial charge in [0, 0.05) is 68.6 Å². The molecule has 10 aromatic rings. The highest BCUT2D eigenvalue weighted by Crippen LogP contribution is 2.49. The van der Waals surface area contributed by atoms with Crippen molar-refractivity contribution in [3.63, 3.8) is 0 Å². The monoisotopic (exact) mass is 905 g/mol. The molecule has 0 fully saturated rings. The van der Waals surface area contributed by atoms with Crippen molar-refractivity contribution >= 4 is 97.0 Å². The highest BCUT2D eigenvalue weighted by atomic mass is 15.3.